The van der Waals surface area contributed by atoms with Crippen molar-refractivity contribution in [3.63, 3.8) is 0 Å². The second kappa shape index (κ2) is 5.73. The lowest BCUT2D eigenvalue weighted by atomic mass is 10.1. The number of hydrogen-bond acceptors (Lipinski definition) is 1. The van der Waals surface area contributed by atoms with Crippen molar-refractivity contribution in [2.24, 2.45) is 0 Å². The standard InChI is InChI=1S/C18H16O/c1-2-4-15(5-3-1)6-7-16-8-10-17(11-9-16)14-19-18-12-13-18/h1-5,8-11,18H,12-14H2. The van der Waals surface area contributed by atoms with Gasteiger partial charge in [-0.25, -0.2) is 0 Å². The molecule has 0 amide bonds. The van der Waals surface area contributed by atoms with Crippen LogP contribution in [0.25, 0.3) is 0 Å². The Kier molecular flexibility index (Phi) is 3.63. The van der Waals surface area contributed by atoms with Crippen LogP contribution in [0.1, 0.15) is 29.5 Å². The van der Waals surface area contributed by atoms with Crippen molar-refractivity contribution < 1.29 is 4.74 Å². The summed E-state index contributed by atoms with van der Waals surface area (Å²) in [5.74, 6) is 6.33. The third-order valence-corrected chi connectivity index (χ3v) is 3.09. The van der Waals surface area contributed by atoms with Crippen molar-refractivity contribution in [3.8, 4) is 11.8 Å². The summed E-state index contributed by atoms with van der Waals surface area (Å²) in [5, 5.41) is 0. The third-order valence-electron chi connectivity index (χ3n) is 3.09. The molecule has 1 saturated carbocycles. The summed E-state index contributed by atoms with van der Waals surface area (Å²) >= 11 is 0. The van der Waals surface area contributed by atoms with Gasteiger partial charge in [-0.15, -0.1) is 0 Å². The molecule has 2 aromatic carbocycles. The molecule has 0 spiro atoms. The maximum Gasteiger partial charge on any atom is 0.0720 e. The molecule has 0 saturated heterocycles. The van der Waals surface area contributed by atoms with Gasteiger partial charge < -0.3 is 4.74 Å². The van der Waals surface area contributed by atoms with Gasteiger partial charge in [0, 0.05) is 11.1 Å². The minimum absolute atomic E-state index is 0.512. The average Bonchev–Trinajstić information content (AvgIpc) is 3.29. The molecular weight excluding hydrogens is 232 g/mol. The average molecular weight is 248 g/mol. The zero-order chi connectivity index (χ0) is 12.9. The fourth-order valence-electron chi connectivity index (χ4n) is 1.80. The van der Waals surface area contributed by atoms with E-state index in [0.717, 1.165) is 17.7 Å². The van der Waals surface area contributed by atoms with Crippen LogP contribution in [0.2, 0.25) is 0 Å². The molecule has 0 aromatic heterocycles. The molecule has 94 valence electrons. The van der Waals surface area contributed by atoms with Gasteiger partial charge in [0.15, 0.2) is 0 Å². The minimum atomic E-state index is 0.512. The van der Waals surface area contributed by atoms with Gasteiger partial charge in [-0.05, 0) is 42.7 Å². The molecule has 0 aliphatic heterocycles. The SMILES string of the molecule is C(#Cc1ccc(COC2CC2)cc1)c1ccccc1. The smallest absolute Gasteiger partial charge is 0.0720 e. The van der Waals surface area contributed by atoms with Gasteiger partial charge in [-0.1, -0.05) is 42.2 Å². The molecule has 1 aliphatic rings. The third kappa shape index (κ3) is 3.71. The summed E-state index contributed by atoms with van der Waals surface area (Å²) in [7, 11) is 0. The molecule has 0 heterocycles. The van der Waals surface area contributed by atoms with Gasteiger partial charge >= 0.3 is 0 Å². The molecule has 3 rings (SSSR count). The number of ether oxygens (including phenoxy) is 1. The van der Waals surface area contributed by atoms with Crippen molar-refractivity contribution in [3.05, 3.63) is 71.3 Å². The first-order valence-electron chi connectivity index (χ1n) is 6.68. The van der Waals surface area contributed by atoms with Crippen LogP contribution in [-0.4, -0.2) is 6.10 Å². The quantitative estimate of drug-likeness (QED) is 0.751. The van der Waals surface area contributed by atoms with Crippen LogP contribution in [-0.2, 0) is 11.3 Å². The Balaban J connectivity index is 1.63. The van der Waals surface area contributed by atoms with Crippen molar-refractivity contribution >= 4 is 0 Å². The zero-order valence-electron chi connectivity index (χ0n) is 10.8. The highest BCUT2D eigenvalue weighted by molar-refractivity contribution is 5.43. The van der Waals surface area contributed by atoms with Crippen molar-refractivity contribution in [1.29, 1.82) is 0 Å². The molecular formula is C18H16O. The Morgan fingerprint density at radius 3 is 2.11 bits per heavy atom. The Morgan fingerprint density at radius 1 is 0.842 bits per heavy atom. The summed E-state index contributed by atoms with van der Waals surface area (Å²) in [6, 6.07) is 18.3. The van der Waals surface area contributed by atoms with Gasteiger partial charge in [-0.2, -0.15) is 0 Å². The normalized spacial score (nSPS) is 13.7. The van der Waals surface area contributed by atoms with Crippen LogP contribution >= 0.6 is 0 Å². The molecule has 1 heteroatoms. The molecule has 1 aliphatic carbocycles. The first-order chi connectivity index (χ1) is 9.40. The fourth-order valence-corrected chi connectivity index (χ4v) is 1.80. The summed E-state index contributed by atoms with van der Waals surface area (Å²) in [4.78, 5) is 0. The maximum absolute atomic E-state index is 5.67. The van der Waals surface area contributed by atoms with E-state index >= 15 is 0 Å². The second-order valence-corrected chi connectivity index (χ2v) is 4.82. The zero-order valence-corrected chi connectivity index (χ0v) is 10.8. The molecule has 2 aromatic rings. The second-order valence-electron chi connectivity index (χ2n) is 4.82. The van der Waals surface area contributed by atoms with Crippen LogP contribution in [0.5, 0.6) is 0 Å². The number of rotatable bonds is 3. The van der Waals surface area contributed by atoms with Crippen LogP contribution in [0.15, 0.2) is 54.6 Å². The van der Waals surface area contributed by atoms with Crippen LogP contribution in [0, 0.1) is 11.8 Å². The number of benzene rings is 2. The highest BCUT2D eigenvalue weighted by Gasteiger charge is 2.21. The molecule has 0 unspecified atom stereocenters. The van der Waals surface area contributed by atoms with Gasteiger partial charge in [0.25, 0.3) is 0 Å². The molecule has 0 bridgehead atoms. The monoisotopic (exact) mass is 248 g/mol. The Morgan fingerprint density at radius 2 is 1.47 bits per heavy atom. The van der Waals surface area contributed by atoms with Crippen molar-refractivity contribution in [1.82, 2.24) is 0 Å². The van der Waals surface area contributed by atoms with E-state index in [0.29, 0.717) is 6.10 Å². The van der Waals surface area contributed by atoms with Gasteiger partial charge in [0.2, 0.25) is 0 Å². The first-order valence-corrected chi connectivity index (χ1v) is 6.68. The van der Waals surface area contributed by atoms with Crippen molar-refractivity contribution in [2.75, 3.05) is 0 Å². The summed E-state index contributed by atoms with van der Waals surface area (Å²) in [5.41, 5.74) is 3.31. The lowest BCUT2D eigenvalue weighted by Crippen LogP contribution is -1.94. The topological polar surface area (TPSA) is 9.23 Å². The Bertz CT molecular complexity index is 583. The van der Waals surface area contributed by atoms with Gasteiger partial charge in [-0.3, -0.25) is 0 Å². The van der Waals surface area contributed by atoms with E-state index in [4.69, 9.17) is 4.74 Å². The molecule has 0 N–H and O–H groups in total. The lowest BCUT2D eigenvalue weighted by Gasteiger charge is -2.02. The highest BCUT2D eigenvalue weighted by Crippen LogP contribution is 2.24. The predicted octanol–water partition coefficient (Wildman–Crippen LogP) is 3.77. The van der Waals surface area contributed by atoms with E-state index in [1.807, 2.05) is 30.3 Å². The highest BCUT2D eigenvalue weighted by atomic mass is 16.5. The summed E-state index contributed by atoms with van der Waals surface area (Å²) in [6.45, 7) is 0.719. The van der Waals surface area contributed by atoms with E-state index in [9.17, 15) is 0 Å². The molecule has 19 heavy (non-hydrogen) atoms. The summed E-state index contributed by atoms with van der Waals surface area (Å²) in [6.07, 6.45) is 2.96. The maximum atomic E-state index is 5.67. The summed E-state index contributed by atoms with van der Waals surface area (Å²) < 4.78 is 5.67. The minimum Gasteiger partial charge on any atom is -0.374 e. The van der Waals surface area contributed by atoms with E-state index in [1.54, 1.807) is 0 Å². The van der Waals surface area contributed by atoms with Gasteiger partial charge in [0.05, 0.1) is 12.7 Å². The van der Waals surface area contributed by atoms with Crippen LogP contribution in [0.4, 0.5) is 0 Å². The Hall–Kier alpha value is -2.04. The molecule has 1 fully saturated rings. The van der Waals surface area contributed by atoms with E-state index in [1.165, 1.54) is 18.4 Å². The molecule has 1 nitrogen and oxygen atoms in total. The van der Waals surface area contributed by atoms with Crippen LogP contribution < -0.4 is 0 Å². The van der Waals surface area contributed by atoms with E-state index < -0.39 is 0 Å². The van der Waals surface area contributed by atoms with Crippen molar-refractivity contribution in [2.45, 2.75) is 25.6 Å². The number of hydrogen-bond donors (Lipinski definition) is 0. The lowest BCUT2D eigenvalue weighted by molar-refractivity contribution is 0.106. The van der Waals surface area contributed by atoms with E-state index in [-0.39, 0.29) is 0 Å². The Labute approximate surface area is 114 Å². The largest absolute Gasteiger partial charge is 0.374 e. The molecule has 0 atom stereocenters. The van der Waals surface area contributed by atoms with E-state index in [2.05, 4.69) is 36.1 Å². The fraction of sp³-hybridized carbons (Fsp3) is 0.222. The predicted molar refractivity (Wildman–Crippen MR) is 76.7 cm³/mol. The molecule has 0 radical (unpaired) electrons. The van der Waals surface area contributed by atoms with Crippen LogP contribution in [0.3, 0.4) is 0 Å². The van der Waals surface area contributed by atoms with Gasteiger partial charge in [0.1, 0.15) is 0 Å². The first kappa shape index (κ1) is 12.0.